The predicted molar refractivity (Wildman–Crippen MR) is 109 cm³/mol. The van der Waals surface area contributed by atoms with Crippen LogP contribution in [0.3, 0.4) is 0 Å². The monoisotopic (exact) mass is 360 g/mol. The minimum absolute atomic E-state index is 0.0167. The molecule has 0 atom stereocenters. The summed E-state index contributed by atoms with van der Waals surface area (Å²) in [6.07, 6.45) is 1.66. The normalized spacial score (nSPS) is 11.3. The molecule has 0 fully saturated rings. The molecular formula is C22H20N2OS. The third kappa shape index (κ3) is 3.08. The van der Waals surface area contributed by atoms with Gasteiger partial charge in [-0.25, -0.2) is 4.98 Å². The van der Waals surface area contributed by atoms with E-state index in [0.717, 1.165) is 21.5 Å². The maximum Gasteiger partial charge on any atom is 0.263 e. The average molecular weight is 360 g/mol. The third-order valence-corrected chi connectivity index (χ3v) is 5.53. The number of hydrogen-bond acceptors (Lipinski definition) is 3. The minimum Gasteiger partial charge on any atom is -0.294 e. The van der Waals surface area contributed by atoms with E-state index in [1.54, 1.807) is 10.9 Å². The highest BCUT2D eigenvalue weighted by Crippen LogP contribution is 2.30. The first kappa shape index (κ1) is 16.7. The van der Waals surface area contributed by atoms with Crippen molar-refractivity contribution in [2.75, 3.05) is 0 Å². The fraction of sp³-hybridized carbons (Fsp3) is 0.182. The van der Waals surface area contributed by atoms with Gasteiger partial charge in [-0.2, -0.15) is 0 Å². The largest absolute Gasteiger partial charge is 0.294 e. The number of benzene rings is 2. The van der Waals surface area contributed by atoms with E-state index >= 15 is 0 Å². The standard InChI is InChI=1S/C22H20N2OS/c1-15(2)17-10-8-16(9-11-17)12-24-14-23-21-20(22(24)25)19(13-26-21)18-6-4-3-5-7-18/h3-11,13-15H,12H2,1-2H3. The number of aromatic nitrogens is 2. The number of hydrogen-bond donors (Lipinski definition) is 0. The molecule has 0 aliphatic carbocycles. The summed E-state index contributed by atoms with van der Waals surface area (Å²) in [6.45, 7) is 4.89. The van der Waals surface area contributed by atoms with Crippen LogP contribution < -0.4 is 5.56 Å². The molecule has 26 heavy (non-hydrogen) atoms. The summed E-state index contributed by atoms with van der Waals surface area (Å²) in [6, 6.07) is 18.5. The van der Waals surface area contributed by atoms with Crippen molar-refractivity contribution in [2.45, 2.75) is 26.3 Å². The van der Waals surface area contributed by atoms with Gasteiger partial charge in [0, 0.05) is 10.9 Å². The molecule has 0 N–H and O–H groups in total. The van der Waals surface area contributed by atoms with Gasteiger partial charge < -0.3 is 0 Å². The van der Waals surface area contributed by atoms with Crippen LogP contribution in [0.1, 0.15) is 30.9 Å². The molecule has 0 spiro atoms. The van der Waals surface area contributed by atoms with Gasteiger partial charge in [-0.1, -0.05) is 68.4 Å². The van der Waals surface area contributed by atoms with E-state index in [1.807, 2.05) is 35.7 Å². The van der Waals surface area contributed by atoms with Gasteiger partial charge in [0.05, 0.1) is 18.3 Å². The fourth-order valence-electron chi connectivity index (χ4n) is 3.11. The lowest BCUT2D eigenvalue weighted by atomic mass is 10.0. The maximum absolute atomic E-state index is 13.1. The highest BCUT2D eigenvalue weighted by molar-refractivity contribution is 7.17. The number of nitrogens with zero attached hydrogens (tertiary/aromatic N) is 2. The second-order valence-electron chi connectivity index (χ2n) is 6.77. The van der Waals surface area contributed by atoms with Crippen LogP contribution in [-0.4, -0.2) is 9.55 Å². The van der Waals surface area contributed by atoms with Crippen LogP contribution in [0.4, 0.5) is 0 Å². The van der Waals surface area contributed by atoms with Crippen LogP contribution in [0.15, 0.2) is 71.1 Å². The molecule has 0 saturated heterocycles. The fourth-order valence-corrected chi connectivity index (χ4v) is 4.02. The van der Waals surface area contributed by atoms with Crippen LogP contribution in [0, 0.1) is 0 Å². The van der Waals surface area contributed by atoms with Crippen molar-refractivity contribution >= 4 is 21.6 Å². The second-order valence-corrected chi connectivity index (χ2v) is 7.63. The molecule has 0 bridgehead atoms. The second kappa shape index (κ2) is 6.89. The van der Waals surface area contributed by atoms with Gasteiger partial charge in [-0.3, -0.25) is 9.36 Å². The van der Waals surface area contributed by atoms with Crippen molar-refractivity contribution in [2.24, 2.45) is 0 Å². The molecule has 0 saturated carbocycles. The molecular weight excluding hydrogens is 340 g/mol. The summed E-state index contributed by atoms with van der Waals surface area (Å²) in [7, 11) is 0. The van der Waals surface area contributed by atoms with Crippen molar-refractivity contribution < 1.29 is 0 Å². The van der Waals surface area contributed by atoms with Gasteiger partial charge >= 0.3 is 0 Å². The first-order valence-electron chi connectivity index (χ1n) is 8.74. The zero-order chi connectivity index (χ0) is 18.1. The molecule has 3 nitrogen and oxygen atoms in total. The average Bonchev–Trinajstić information content (AvgIpc) is 3.10. The molecule has 130 valence electrons. The summed E-state index contributed by atoms with van der Waals surface area (Å²) in [5.41, 5.74) is 4.44. The Kier molecular flexibility index (Phi) is 4.43. The maximum atomic E-state index is 13.1. The van der Waals surface area contributed by atoms with Gasteiger partial charge in [0.15, 0.2) is 0 Å². The van der Waals surface area contributed by atoms with Crippen LogP contribution in [-0.2, 0) is 6.54 Å². The van der Waals surface area contributed by atoms with Crippen molar-refractivity contribution in [3.05, 3.63) is 87.8 Å². The van der Waals surface area contributed by atoms with Crippen LogP contribution in [0.25, 0.3) is 21.3 Å². The molecule has 2 aromatic carbocycles. The van der Waals surface area contributed by atoms with E-state index in [-0.39, 0.29) is 5.56 Å². The number of rotatable bonds is 4. The van der Waals surface area contributed by atoms with Crippen LogP contribution >= 0.6 is 11.3 Å². The van der Waals surface area contributed by atoms with Crippen molar-refractivity contribution in [1.82, 2.24) is 9.55 Å². The Hall–Kier alpha value is -2.72. The number of thiophene rings is 1. The summed E-state index contributed by atoms with van der Waals surface area (Å²) in [4.78, 5) is 18.4. The smallest absolute Gasteiger partial charge is 0.263 e. The lowest BCUT2D eigenvalue weighted by Gasteiger charge is -2.09. The Morgan fingerprint density at radius 1 is 1.04 bits per heavy atom. The molecule has 2 heterocycles. The summed E-state index contributed by atoms with van der Waals surface area (Å²) >= 11 is 1.52. The van der Waals surface area contributed by atoms with Crippen molar-refractivity contribution in [3.63, 3.8) is 0 Å². The Balaban J connectivity index is 1.75. The molecule has 0 amide bonds. The van der Waals surface area contributed by atoms with E-state index in [0.29, 0.717) is 17.8 Å². The van der Waals surface area contributed by atoms with Gasteiger partial charge in [-0.05, 0) is 22.6 Å². The van der Waals surface area contributed by atoms with Gasteiger partial charge in [0.1, 0.15) is 4.83 Å². The first-order valence-corrected chi connectivity index (χ1v) is 9.62. The summed E-state index contributed by atoms with van der Waals surface area (Å²) < 4.78 is 1.70. The highest BCUT2D eigenvalue weighted by atomic mass is 32.1. The van der Waals surface area contributed by atoms with Gasteiger partial charge in [-0.15, -0.1) is 11.3 Å². The first-order chi connectivity index (χ1) is 12.6. The lowest BCUT2D eigenvalue weighted by Crippen LogP contribution is -2.21. The van der Waals surface area contributed by atoms with E-state index in [4.69, 9.17) is 0 Å². The van der Waals surface area contributed by atoms with E-state index in [1.165, 1.54) is 16.9 Å². The predicted octanol–water partition coefficient (Wildman–Crippen LogP) is 5.30. The van der Waals surface area contributed by atoms with Crippen molar-refractivity contribution in [3.8, 4) is 11.1 Å². The van der Waals surface area contributed by atoms with E-state index in [9.17, 15) is 4.79 Å². The third-order valence-electron chi connectivity index (χ3n) is 4.64. The molecule has 4 heteroatoms. The Morgan fingerprint density at radius 3 is 2.46 bits per heavy atom. The van der Waals surface area contributed by atoms with E-state index in [2.05, 4.69) is 43.1 Å². The molecule has 4 aromatic rings. The topological polar surface area (TPSA) is 34.9 Å². The zero-order valence-electron chi connectivity index (χ0n) is 14.8. The SMILES string of the molecule is CC(C)c1ccc(Cn2cnc3scc(-c4ccccc4)c3c2=O)cc1. The van der Waals surface area contributed by atoms with Gasteiger partial charge in [0.25, 0.3) is 5.56 Å². The Morgan fingerprint density at radius 2 is 1.77 bits per heavy atom. The van der Waals surface area contributed by atoms with Crippen LogP contribution in [0.5, 0.6) is 0 Å². The summed E-state index contributed by atoms with van der Waals surface area (Å²) in [5.74, 6) is 0.504. The molecule has 0 radical (unpaired) electrons. The lowest BCUT2D eigenvalue weighted by molar-refractivity contribution is 0.748. The minimum atomic E-state index is 0.0167. The molecule has 0 aliphatic heterocycles. The van der Waals surface area contributed by atoms with Crippen LogP contribution in [0.2, 0.25) is 0 Å². The van der Waals surface area contributed by atoms with Gasteiger partial charge in [0.2, 0.25) is 0 Å². The Bertz CT molecular complexity index is 1090. The summed E-state index contributed by atoms with van der Waals surface area (Å²) in [5, 5.41) is 2.73. The van der Waals surface area contributed by atoms with Crippen molar-refractivity contribution in [1.29, 1.82) is 0 Å². The Labute approximate surface area is 156 Å². The molecule has 0 aliphatic rings. The molecule has 2 aromatic heterocycles. The molecule has 4 rings (SSSR count). The number of fused-ring (bicyclic) bond motifs is 1. The molecule has 0 unspecified atom stereocenters. The zero-order valence-corrected chi connectivity index (χ0v) is 15.7. The van der Waals surface area contributed by atoms with E-state index < -0.39 is 0 Å². The highest BCUT2D eigenvalue weighted by Gasteiger charge is 2.13. The quantitative estimate of drug-likeness (QED) is 0.495.